The van der Waals surface area contributed by atoms with Gasteiger partial charge in [0.2, 0.25) is 5.91 Å². The van der Waals surface area contributed by atoms with E-state index in [1.54, 1.807) is 6.07 Å². The number of fused-ring (bicyclic) bond motifs is 1. The standard InChI is InChI=1S/C17H20ClNO5/c18-13-7-10(8-14-15(13)24-6-5-23-14)9-19-16(20)11-1-3-12(4-2-11)17(21)22/h7-8,11-12H,1-6,9H2,(H,19,20)(H,21,22). The quantitative estimate of drug-likeness (QED) is 0.869. The fourth-order valence-electron chi connectivity index (χ4n) is 3.20. The van der Waals surface area contributed by atoms with Gasteiger partial charge in [0, 0.05) is 12.5 Å². The maximum Gasteiger partial charge on any atom is 0.306 e. The number of carbonyl (C=O) groups excluding carboxylic acids is 1. The Labute approximate surface area is 145 Å². The highest BCUT2D eigenvalue weighted by Crippen LogP contribution is 2.38. The molecule has 0 spiro atoms. The van der Waals surface area contributed by atoms with Crippen LogP contribution in [-0.2, 0) is 16.1 Å². The summed E-state index contributed by atoms with van der Waals surface area (Å²) in [5.74, 6) is -0.0893. The molecule has 1 saturated carbocycles. The van der Waals surface area contributed by atoms with Crippen molar-refractivity contribution < 1.29 is 24.2 Å². The predicted molar refractivity (Wildman–Crippen MR) is 87.4 cm³/mol. The smallest absolute Gasteiger partial charge is 0.306 e. The van der Waals surface area contributed by atoms with E-state index < -0.39 is 5.97 Å². The Hall–Kier alpha value is -1.95. The Morgan fingerprint density at radius 2 is 1.79 bits per heavy atom. The van der Waals surface area contributed by atoms with E-state index in [9.17, 15) is 9.59 Å². The number of benzene rings is 1. The molecule has 130 valence electrons. The lowest BCUT2D eigenvalue weighted by Crippen LogP contribution is -2.34. The SMILES string of the molecule is O=C(O)C1CCC(C(=O)NCc2cc(Cl)c3c(c2)OCCO3)CC1. The lowest BCUT2D eigenvalue weighted by molar-refractivity contribution is -0.144. The second-order valence-corrected chi connectivity index (χ2v) is 6.61. The highest BCUT2D eigenvalue weighted by Gasteiger charge is 2.29. The Morgan fingerprint density at radius 1 is 1.12 bits per heavy atom. The first-order valence-electron chi connectivity index (χ1n) is 8.13. The molecule has 0 bridgehead atoms. The van der Waals surface area contributed by atoms with Gasteiger partial charge in [0.1, 0.15) is 13.2 Å². The molecule has 2 N–H and O–H groups in total. The zero-order chi connectivity index (χ0) is 17.1. The van der Waals surface area contributed by atoms with Crippen LogP contribution in [0, 0.1) is 11.8 Å². The Kier molecular flexibility index (Phi) is 5.14. The molecule has 24 heavy (non-hydrogen) atoms. The number of carbonyl (C=O) groups is 2. The number of ether oxygens (including phenoxy) is 2. The highest BCUT2D eigenvalue weighted by molar-refractivity contribution is 6.32. The monoisotopic (exact) mass is 353 g/mol. The van der Waals surface area contributed by atoms with Gasteiger partial charge >= 0.3 is 5.97 Å². The van der Waals surface area contributed by atoms with Crippen molar-refractivity contribution >= 4 is 23.5 Å². The molecule has 0 saturated heterocycles. The van der Waals surface area contributed by atoms with E-state index in [0.29, 0.717) is 62.0 Å². The average Bonchev–Trinajstić information content (AvgIpc) is 2.60. The van der Waals surface area contributed by atoms with Gasteiger partial charge in [-0.05, 0) is 43.4 Å². The van der Waals surface area contributed by atoms with Crippen molar-refractivity contribution in [3.8, 4) is 11.5 Å². The predicted octanol–water partition coefficient (Wildman–Crippen LogP) is 2.62. The fourth-order valence-corrected chi connectivity index (χ4v) is 3.49. The van der Waals surface area contributed by atoms with Gasteiger partial charge in [-0.15, -0.1) is 0 Å². The maximum atomic E-state index is 12.3. The van der Waals surface area contributed by atoms with Crippen LogP contribution in [0.3, 0.4) is 0 Å². The number of nitrogens with one attached hydrogen (secondary N) is 1. The van der Waals surface area contributed by atoms with E-state index in [0.717, 1.165) is 5.56 Å². The first kappa shape index (κ1) is 16.9. The molecule has 3 rings (SSSR count). The van der Waals surface area contributed by atoms with Crippen molar-refractivity contribution in [1.82, 2.24) is 5.32 Å². The van der Waals surface area contributed by atoms with Crippen molar-refractivity contribution in [2.75, 3.05) is 13.2 Å². The molecule has 1 aliphatic carbocycles. The van der Waals surface area contributed by atoms with Gasteiger partial charge in [-0.2, -0.15) is 0 Å². The van der Waals surface area contributed by atoms with Crippen molar-refractivity contribution in [2.45, 2.75) is 32.2 Å². The van der Waals surface area contributed by atoms with Crippen molar-refractivity contribution in [2.24, 2.45) is 11.8 Å². The summed E-state index contributed by atoms with van der Waals surface area (Å²) in [6.07, 6.45) is 2.35. The first-order valence-corrected chi connectivity index (χ1v) is 8.51. The third kappa shape index (κ3) is 3.75. The summed E-state index contributed by atoms with van der Waals surface area (Å²) in [5, 5.41) is 12.4. The van der Waals surface area contributed by atoms with Crippen LogP contribution in [0.1, 0.15) is 31.2 Å². The molecule has 1 heterocycles. The molecule has 1 amide bonds. The normalized spacial score (nSPS) is 22.7. The van der Waals surface area contributed by atoms with E-state index >= 15 is 0 Å². The number of carboxylic acid groups (broad SMARTS) is 1. The molecule has 2 aliphatic rings. The number of carboxylic acids is 1. The summed E-state index contributed by atoms with van der Waals surface area (Å²) < 4.78 is 11.0. The van der Waals surface area contributed by atoms with Gasteiger partial charge in [0.25, 0.3) is 0 Å². The number of hydrogen-bond donors (Lipinski definition) is 2. The molecule has 1 aromatic carbocycles. The van der Waals surface area contributed by atoms with Crippen LogP contribution in [0.2, 0.25) is 5.02 Å². The van der Waals surface area contributed by atoms with Gasteiger partial charge in [-0.1, -0.05) is 11.6 Å². The van der Waals surface area contributed by atoms with Crippen LogP contribution < -0.4 is 14.8 Å². The van der Waals surface area contributed by atoms with E-state index in [-0.39, 0.29) is 17.7 Å². The van der Waals surface area contributed by atoms with E-state index in [1.807, 2.05) is 6.07 Å². The Bertz CT molecular complexity index is 640. The lowest BCUT2D eigenvalue weighted by atomic mass is 9.81. The van der Waals surface area contributed by atoms with Gasteiger partial charge in [0.15, 0.2) is 11.5 Å². The largest absolute Gasteiger partial charge is 0.486 e. The van der Waals surface area contributed by atoms with Crippen molar-refractivity contribution in [3.63, 3.8) is 0 Å². The minimum atomic E-state index is -0.764. The lowest BCUT2D eigenvalue weighted by Gasteiger charge is -2.25. The number of hydrogen-bond acceptors (Lipinski definition) is 4. The third-order valence-electron chi connectivity index (χ3n) is 4.57. The van der Waals surface area contributed by atoms with Gasteiger partial charge in [-0.25, -0.2) is 0 Å². The highest BCUT2D eigenvalue weighted by atomic mass is 35.5. The molecule has 0 unspecified atom stereocenters. The van der Waals surface area contributed by atoms with Crippen LogP contribution in [0.5, 0.6) is 11.5 Å². The molecule has 1 fully saturated rings. The molecule has 1 aromatic rings. The molecule has 0 aromatic heterocycles. The van der Waals surface area contributed by atoms with Crippen LogP contribution in [0.25, 0.3) is 0 Å². The van der Waals surface area contributed by atoms with Gasteiger partial charge in [-0.3, -0.25) is 9.59 Å². The number of aliphatic carboxylic acids is 1. The summed E-state index contributed by atoms with van der Waals surface area (Å²) in [6.45, 7) is 1.31. The summed E-state index contributed by atoms with van der Waals surface area (Å²) in [4.78, 5) is 23.2. The topological polar surface area (TPSA) is 84.9 Å². The summed E-state index contributed by atoms with van der Waals surface area (Å²) in [5.41, 5.74) is 0.844. The van der Waals surface area contributed by atoms with Crippen LogP contribution in [-0.4, -0.2) is 30.2 Å². The summed E-state index contributed by atoms with van der Waals surface area (Å²) in [7, 11) is 0. The van der Waals surface area contributed by atoms with Crippen LogP contribution in [0.15, 0.2) is 12.1 Å². The Morgan fingerprint density at radius 3 is 2.50 bits per heavy atom. The summed E-state index contributed by atoms with van der Waals surface area (Å²) in [6, 6.07) is 3.58. The average molecular weight is 354 g/mol. The Balaban J connectivity index is 1.55. The minimum Gasteiger partial charge on any atom is -0.486 e. The van der Waals surface area contributed by atoms with Crippen molar-refractivity contribution in [3.05, 3.63) is 22.7 Å². The fraction of sp³-hybridized carbons (Fsp3) is 0.529. The van der Waals surface area contributed by atoms with E-state index in [1.165, 1.54) is 0 Å². The molecule has 7 heteroatoms. The van der Waals surface area contributed by atoms with Gasteiger partial charge < -0.3 is 19.9 Å². The van der Waals surface area contributed by atoms with Gasteiger partial charge in [0.05, 0.1) is 10.9 Å². The zero-order valence-electron chi connectivity index (χ0n) is 13.2. The molecule has 0 radical (unpaired) electrons. The number of halogens is 1. The first-order chi connectivity index (χ1) is 11.5. The maximum absolute atomic E-state index is 12.3. The van der Waals surface area contributed by atoms with E-state index in [4.69, 9.17) is 26.2 Å². The number of rotatable bonds is 4. The number of amides is 1. The zero-order valence-corrected chi connectivity index (χ0v) is 14.0. The molecule has 6 nitrogen and oxygen atoms in total. The molecule has 1 aliphatic heterocycles. The molecule has 0 atom stereocenters. The second-order valence-electron chi connectivity index (χ2n) is 6.21. The second kappa shape index (κ2) is 7.30. The molecular formula is C17H20ClNO5. The van der Waals surface area contributed by atoms with E-state index in [2.05, 4.69) is 5.32 Å². The summed E-state index contributed by atoms with van der Waals surface area (Å²) >= 11 is 6.18. The van der Waals surface area contributed by atoms with Crippen LogP contribution >= 0.6 is 11.6 Å². The third-order valence-corrected chi connectivity index (χ3v) is 4.85. The molecular weight excluding hydrogens is 334 g/mol. The minimum absolute atomic E-state index is 0.0372. The van der Waals surface area contributed by atoms with Crippen LogP contribution in [0.4, 0.5) is 0 Å². The van der Waals surface area contributed by atoms with Crippen molar-refractivity contribution in [1.29, 1.82) is 0 Å².